The summed E-state index contributed by atoms with van der Waals surface area (Å²) in [5, 5.41) is 11.3. The average Bonchev–Trinajstić information content (AvgIpc) is 2.57. The Morgan fingerprint density at radius 3 is 2.76 bits per heavy atom. The van der Waals surface area contributed by atoms with E-state index in [1.165, 1.54) is 6.33 Å². The molecule has 7 nitrogen and oxygen atoms in total. The van der Waals surface area contributed by atoms with Gasteiger partial charge in [-0.05, 0) is 30.1 Å². The van der Waals surface area contributed by atoms with E-state index in [1.54, 1.807) is 0 Å². The summed E-state index contributed by atoms with van der Waals surface area (Å²) >= 11 is 0. The first kappa shape index (κ1) is 14.0. The smallest absolute Gasteiger partial charge is 0.353 e. The minimum Gasteiger partial charge on any atom is -0.378 e. The van der Waals surface area contributed by atoms with E-state index in [4.69, 9.17) is 5.73 Å². The van der Waals surface area contributed by atoms with Crippen molar-refractivity contribution in [2.45, 2.75) is 46.1 Å². The second-order valence-corrected chi connectivity index (χ2v) is 7.53. The predicted molar refractivity (Wildman–Crippen MR) is 80.0 cm³/mol. The maximum Gasteiger partial charge on any atom is 0.353 e. The van der Waals surface area contributed by atoms with E-state index in [-0.39, 0.29) is 28.4 Å². The molecule has 1 saturated heterocycles. The van der Waals surface area contributed by atoms with Gasteiger partial charge in [0.2, 0.25) is 11.6 Å². The van der Waals surface area contributed by atoms with E-state index in [2.05, 4.69) is 35.6 Å². The van der Waals surface area contributed by atoms with Crippen molar-refractivity contribution in [1.82, 2.24) is 9.97 Å². The van der Waals surface area contributed by atoms with Crippen LogP contribution >= 0.6 is 0 Å². The van der Waals surface area contributed by atoms with Gasteiger partial charge >= 0.3 is 5.69 Å². The summed E-state index contributed by atoms with van der Waals surface area (Å²) in [6.45, 7) is 7.59. The van der Waals surface area contributed by atoms with E-state index < -0.39 is 4.92 Å². The number of nitrogens with two attached hydrogens (primary N) is 1. The Morgan fingerprint density at radius 1 is 1.38 bits per heavy atom. The molecule has 7 heteroatoms. The van der Waals surface area contributed by atoms with Gasteiger partial charge in [-0.3, -0.25) is 10.1 Å². The molecule has 0 unspecified atom stereocenters. The van der Waals surface area contributed by atoms with E-state index >= 15 is 0 Å². The molecule has 2 fully saturated rings. The quantitative estimate of drug-likeness (QED) is 0.663. The van der Waals surface area contributed by atoms with E-state index in [0.29, 0.717) is 5.82 Å². The first-order chi connectivity index (χ1) is 9.71. The molecule has 2 bridgehead atoms. The van der Waals surface area contributed by atoms with Crippen LogP contribution in [0.3, 0.4) is 0 Å². The van der Waals surface area contributed by atoms with Crippen LogP contribution < -0.4 is 10.6 Å². The average molecular weight is 291 g/mol. The standard InChI is InChI=1S/C14H21N5O2/c1-13(2)4-9-5-14(3,6-13)7-18(9)12-10(19(20)21)11(15)16-8-17-12/h8-9H,4-7H2,1-3H3,(H2,15,16,17)/t9-,14-/m0/s1. The van der Waals surface area contributed by atoms with Crippen molar-refractivity contribution in [3.63, 3.8) is 0 Å². The van der Waals surface area contributed by atoms with Gasteiger partial charge in [0.05, 0.1) is 4.92 Å². The van der Waals surface area contributed by atoms with Crippen molar-refractivity contribution in [2.24, 2.45) is 10.8 Å². The van der Waals surface area contributed by atoms with Crippen molar-refractivity contribution < 1.29 is 4.92 Å². The lowest BCUT2D eigenvalue weighted by Gasteiger charge is -2.39. The summed E-state index contributed by atoms with van der Waals surface area (Å²) in [7, 11) is 0. The first-order valence-corrected chi connectivity index (χ1v) is 7.22. The zero-order chi connectivity index (χ0) is 15.4. The SMILES string of the molecule is CC1(C)C[C@H]2C[C@](C)(CN2c2ncnc(N)c2[N+](=O)[O-])C1. The van der Waals surface area contributed by atoms with Gasteiger partial charge in [-0.1, -0.05) is 20.8 Å². The van der Waals surface area contributed by atoms with Gasteiger partial charge in [0.1, 0.15) is 6.33 Å². The molecule has 1 saturated carbocycles. The molecule has 0 radical (unpaired) electrons. The van der Waals surface area contributed by atoms with Gasteiger partial charge in [0.15, 0.2) is 0 Å². The molecule has 2 N–H and O–H groups in total. The van der Waals surface area contributed by atoms with Crippen LogP contribution in [0.15, 0.2) is 6.33 Å². The summed E-state index contributed by atoms with van der Waals surface area (Å²) in [6, 6.07) is 0.284. The number of nitrogen functional groups attached to an aromatic ring is 1. The third-order valence-corrected chi connectivity index (χ3v) is 4.70. The van der Waals surface area contributed by atoms with Crippen molar-refractivity contribution in [3.05, 3.63) is 16.4 Å². The molecule has 114 valence electrons. The van der Waals surface area contributed by atoms with Crippen LogP contribution in [0.4, 0.5) is 17.3 Å². The Balaban J connectivity index is 2.04. The van der Waals surface area contributed by atoms with Crippen LogP contribution in [0.1, 0.15) is 40.0 Å². The fraction of sp³-hybridized carbons (Fsp3) is 0.714. The highest BCUT2D eigenvalue weighted by Crippen LogP contribution is 2.54. The number of hydrogen-bond donors (Lipinski definition) is 1. The van der Waals surface area contributed by atoms with Gasteiger partial charge in [-0.15, -0.1) is 0 Å². The molecule has 2 aliphatic rings. The van der Waals surface area contributed by atoms with Crippen LogP contribution in [-0.2, 0) is 0 Å². The van der Waals surface area contributed by atoms with Crippen LogP contribution in [0, 0.1) is 20.9 Å². The van der Waals surface area contributed by atoms with Gasteiger partial charge in [0, 0.05) is 12.6 Å². The van der Waals surface area contributed by atoms with Crippen molar-refractivity contribution in [1.29, 1.82) is 0 Å². The third-order valence-electron chi connectivity index (χ3n) is 4.70. The predicted octanol–water partition coefficient (Wildman–Crippen LogP) is 2.37. The van der Waals surface area contributed by atoms with E-state index in [9.17, 15) is 10.1 Å². The van der Waals surface area contributed by atoms with Gasteiger partial charge in [-0.2, -0.15) is 0 Å². The number of nitro groups is 1. The summed E-state index contributed by atoms with van der Waals surface area (Å²) in [4.78, 5) is 20.9. The molecule has 1 aromatic rings. The zero-order valence-electron chi connectivity index (χ0n) is 12.7. The highest BCUT2D eigenvalue weighted by atomic mass is 16.6. The van der Waals surface area contributed by atoms with Gasteiger partial charge in [0.25, 0.3) is 0 Å². The van der Waals surface area contributed by atoms with E-state index in [1.807, 2.05) is 0 Å². The molecule has 2 atom stereocenters. The largest absolute Gasteiger partial charge is 0.378 e. The Morgan fingerprint density at radius 2 is 2.10 bits per heavy atom. The zero-order valence-corrected chi connectivity index (χ0v) is 12.7. The summed E-state index contributed by atoms with van der Waals surface area (Å²) in [6.07, 6.45) is 4.51. The molecular formula is C14H21N5O2. The van der Waals surface area contributed by atoms with Crippen LogP contribution in [-0.4, -0.2) is 27.5 Å². The lowest BCUT2D eigenvalue weighted by molar-refractivity contribution is -0.383. The third kappa shape index (κ3) is 2.30. The number of fused-ring (bicyclic) bond motifs is 2. The Hall–Kier alpha value is -1.92. The van der Waals surface area contributed by atoms with Crippen molar-refractivity contribution >= 4 is 17.3 Å². The number of rotatable bonds is 2. The first-order valence-electron chi connectivity index (χ1n) is 7.22. The summed E-state index contributed by atoms with van der Waals surface area (Å²) in [5.74, 6) is 0.315. The van der Waals surface area contributed by atoms with Crippen LogP contribution in [0.25, 0.3) is 0 Å². The Bertz CT molecular complexity index is 603. The maximum absolute atomic E-state index is 11.3. The Labute approximate surface area is 123 Å². The minimum absolute atomic E-state index is 0.0594. The fourth-order valence-corrected chi connectivity index (χ4v) is 4.48. The molecule has 0 spiro atoms. The molecule has 3 rings (SSSR count). The van der Waals surface area contributed by atoms with Crippen LogP contribution in [0.5, 0.6) is 0 Å². The number of nitrogens with zero attached hydrogens (tertiary/aromatic N) is 4. The molecule has 1 aliphatic carbocycles. The highest BCUT2D eigenvalue weighted by molar-refractivity contribution is 5.69. The topological polar surface area (TPSA) is 98.2 Å². The highest BCUT2D eigenvalue weighted by Gasteiger charge is 2.51. The monoisotopic (exact) mass is 291 g/mol. The summed E-state index contributed by atoms with van der Waals surface area (Å²) in [5.41, 5.74) is 5.96. The molecular weight excluding hydrogens is 270 g/mol. The van der Waals surface area contributed by atoms with Gasteiger partial charge < -0.3 is 10.6 Å². The summed E-state index contributed by atoms with van der Waals surface area (Å²) < 4.78 is 0. The van der Waals surface area contributed by atoms with Gasteiger partial charge in [-0.25, -0.2) is 9.97 Å². The molecule has 2 heterocycles. The van der Waals surface area contributed by atoms with Crippen molar-refractivity contribution in [3.8, 4) is 0 Å². The number of anilines is 2. The van der Waals surface area contributed by atoms with Crippen molar-refractivity contribution in [2.75, 3.05) is 17.2 Å². The van der Waals surface area contributed by atoms with Crippen LogP contribution in [0.2, 0.25) is 0 Å². The number of hydrogen-bond acceptors (Lipinski definition) is 6. The second-order valence-electron chi connectivity index (χ2n) is 7.53. The lowest BCUT2D eigenvalue weighted by Crippen LogP contribution is -2.35. The molecule has 1 aromatic heterocycles. The molecule has 21 heavy (non-hydrogen) atoms. The molecule has 0 amide bonds. The molecule has 0 aromatic carbocycles. The lowest BCUT2D eigenvalue weighted by atomic mass is 9.65. The minimum atomic E-state index is -0.472. The maximum atomic E-state index is 11.3. The molecule has 1 aliphatic heterocycles. The van der Waals surface area contributed by atoms with E-state index in [0.717, 1.165) is 25.8 Å². The Kier molecular flexibility index (Phi) is 2.86. The normalized spacial score (nSPS) is 30.4. The fourth-order valence-electron chi connectivity index (χ4n) is 4.48. The second kappa shape index (κ2) is 4.29. The number of aromatic nitrogens is 2.